The van der Waals surface area contributed by atoms with E-state index < -0.39 is 0 Å². The number of nitrogens with two attached hydrogens (primary N) is 1. The summed E-state index contributed by atoms with van der Waals surface area (Å²) in [6.07, 6.45) is 3.08. The smallest absolute Gasteiger partial charge is 0.327 e. The Bertz CT molecular complexity index is 322. The van der Waals surface area contributed by atoms with E-state index in [1.165, 1.54) is 10.9 Å². The quantitative estimate of drug-likeness (QED) is 0.670. The van der Waals surface area contributed by atoms with Crippen LogP contribution < -0.4 is 5.73 Å². The highest BCUT2D eigenvalue weighted by molar-refractivity contribution is 5.69. The molecule has 0 unspecified atom stereocenters. The molecule has 2 N–H and O–H groups in total. The molecule has 0 radical (unpaired) electrons. The highest BCUT2D eigenvalue weighted by atomic mass is 16.5. The van der Waals surface area contributed by atoms with Crippen molar-refractivity contribution in [3.05, 3.63) is 12.4 Å². The Hall–Kier alpha value is -1.56. The number of hydrogen-bond donors (Lipinski definition) is 1. The summed E-state index contributed by atoms with van der Waals surface area (Å²) in [5, 5.41) is 3.88. The second-order valence-electron chi connectivity index (χ2n) is 3.49. The normalized spacial score (nSPS) is 10.6. The first-order chi connectivity index (χ1) is 7.08. The molecule has 0 aliphatic carbocycles. The van der Waals surface area contributed by atoms with Crippen molar-refractivity contribution < 1.29 is 9.53 Å². The molecule has 0 amide bonds. The van der Waals surface area contributed by atoms with E-state index >= 15 is 0 Å². The molecule has 6 heteroatoms. The van der Waals surface area contributed by atoms with Crippen LogP contribution in [0.15, 0.2) is 12.4 Å². The fourth-order valence-electron chi connectivity index (χ4n) is 0.986. The predicted molar refractivity (Wildman–Crippen MR) is 56.2 cm³/mol. The Morgan fingerprint density at radius 1 is 1.67 bits per heavy atom. The van der Waals surface area contributed by atoms with Gasteiger partial charge in [-0.2, -0.15) is 5.10 Å². The third-order valence-corrected chi connectivity index (χ3v) is 1.75. The van der Waals surface area contributed by atoms with Gasteiger partial charge >= 0.3 is 5.97 Å². The molecule has 1 heterocycles. The molecular weight excluding hydrogens is 196 g/mol. The minimum absolute atomic E-state index is 0.102. The summed E-state index contributed by atoms with van der Waals surface area (Å²) in [4.78, 5) is 13.2. The first-order valence-electron chi connectivity index (χ1n) is 4.66. The second kappa shape index (κ2) is 5.35. The summed E-state index contributed by atoms with van der Waals surface area (Å²) >= 11 is 0. The number of nitrogens with zero attached hydrogens (tertiary/aromatic N) is 3. The highest BCUT2D eigenvalue weighted by Crippen LogP contribution is 1.97. The van der Waals surface area contributed by atoms with Gasteiger partial charge in [-0.15, -0.1) is 0 Å². The molecule has 0 aliphatic heterocycles. The van der Waals surface area contributed by atoms with Crippen LogP contribution in [0.4, 0.5) is 5.69 Å². The van der Waals surface area contributed by atoms with E-state index in [1.807, 2.05) is 19.0 Å². The lowest BCUT2D eigenvalue weighted by atomic mass is 10.6. The molecule has 84 valence electrons. The summed E-state index contributed by atoms with van der Waals surface area (Å²) in [5.74, 6) is -0.306. The summed E-state index contributed by atoms with van der Waals surface area (Å²) in [7, 11) is 3.84. The maximum Gasteiger partial charge on any atom is 0.327 e. The lowest BCUT2D eigenvalue weighted by Gasteiger charge is -2.09. The molecule has 0 aromatic carbocycles. The second-order valence-corrected chi connectivity index (χ2v) is 3.49. The van der Waals surface area contributed by atoms with Gasteiger partial charge in [0, 0.05) is 12.7 Å². The topological polar surface area (TPSA) is 73.4 Å². The van der Waals surface area contributed by atoms with E-state index in [9.17, 15) is 4.79 Å². The molecule has 1 aromatic rings. The van der Waals surface area contributed by atoms with Crippen LogP contribution >= 0.6 is 0 Å². The SMILES string of the molecule is CN(C)CCOC(=O)Cn1cc(N)cn1. The van der Waals surface area contributed by atoms with Crippen molar-refractivity contribution in [3.63, 3.8) is 0 Å². The zero-order chi connectivity index (χ0) is 11.3. The number of carbonyl (C=O) groups is 1. The number of nitrogen functional groups attached to an aromatic ring is 1. The van der Waals surface area contributed by atoms with Crippen LogP contribution in [0.25, 0.3) is 0 Å². The molecule has 1 rings (SSSR count). The summed E-state index contributed by atoms with van der Waals surface area (Å²) in [5.41, 5.74) is 5.99. The Morgan fingerprint density at radius 3 is 2.93 bits per heavy atom. The van der Waals surface area contributed by atoms with Crippen molar-refractivity contribution in [1.29, 1.82) is 0 Å². The summed E-state index contributed by atoms with van der Waals surface area (Å²) in [6.45, 7) is 1.21. The van der Waals surface area contributed by atoms with E-state index in [-0.39, 0.29) is 12.5 Å². The number of likely N-dealkylation sites (N-methyl/N-ethyl adjacent to an activating group) is 1. The minimum Gasteiger partial charge on any atom is -0.463 e. The zero-order valence-corrected chi connectivity index (χ0v) is 9.01. The zero-order valence-electron chi connectivity index (χ0n) is 9.01. The molecule has 0 spiro atoms. The Morgan fingerprint density at radius 2 is 2.40 bits per heavy atom. The molecule has 6 nitrogen and oxygen atoms in total. The average molecular weight is 212 g/mol. The third kappa shape index (κ3) is 4.46. The van der Waals surface area contributed by atoms with Crippen molar-refractivity contribution >= 4 is 11.7 Å². The Balaban J connectivity index is 2.24. The standard InChI is InChI=1S/C9H16N4O2/c1-12(2)3-4-15-9(14)7-13-6-8(10)5-11-13/h5-6H,3-4,7,10H2,1-2H3. The number of anilines is 1. The van der Waals surface area contributed by atoms with Crippen molar-refractivity contribution in [1.82, 2.24) is 14.7 Å². The Kier molecular flexibility index (Phi) is 4.11. The Labute approximate surface area is 88.6 Å². The van der Waals surface area contributed by atoms with Crippen LogP contribution in [0.5, 0.6) is 0 Å². The van der Waals surface area contributed by atoms with Gasteiger partial charge in [0.05, 0.1) is 11.9 Å². The van der Waals surface area contributed by atoms with E-state index in [1.54, 1.807) is 6.20 Å². The van der Waals surface area contributed by atoms with Gasteiger partial charge in [0.15, 0.2) is 0 Å². The molecule has 0 bridgehead atoms. The average Bonchev–Trinajstić information content (AvgIpc) is 2.50. The van der Waals surface area contributed by atoms with Gasteiger partial charge < -0.3 is 15.4 Å². The molecular formula is C9H16N4O2. The molecule has 0 saturated carbocycles. The number of aromatic nitrogens is 2. The molecule has 15 heavy (non-hydrogen) atoms. The van der Waals surface area contributed by atoms with Crippen molar-refractivity contribution in [3.8, 4) is 0 Å². The highest BCUT2D eigenvalue weighted by Gasteiger charge is 2.05. The summed E-state index contributed by atoms with van der Waals surface area (Å²) < 4.78 is 6.44. The molecule has 0 aliphatic rings. The minimum atomic E-state index is -0.306. The van der Waals surface area contributed by atoms with Crippen molar-refractivity contribution in [2.75, 3.05) is 33.0 Å². The van der Waals surface area contributed by atoms with Crippen LogP contribution in [0.1, 0.15) is 0 Å². The van der Waals surface area contributed by atoms with Gasteiger partial charge in [-0.3, -0.25) is 9.48 Å². The van der Waals surface area contributed by atoms with E-state index in [2.05, 4.69) is 5.10 Å². The van der Waals surface area contributed by atoms with Gasteiger partial charge in [0.2, 0.25) is 0 Å². The molecule has 1 aromatic heterocycles. The fourth-order valence-corrected chi connectivity index (χ4v) is 0.986. The largest absolute Gasteiger partial charge is 0.463 e. The lowest BCUT2D eigenvalue weighted by Crippen LogP contribution is -2.22. The maximum absolute atomic E-state index is 11.3. The van der Waals surface area contributed by atoms with E-state index in [0.717, 1.165) is 0 Å². The van der Waals surface area contributed by atoms with Crippen LogP contribution in [0, 0.1) is 0 Å². The fraction of sp³-hybridized carbons (Fsp3) is 0.556. The molecule has 0 fully saturated rings. The first-order valence-corrected chi connectivity index (χ1v) is 4.66. The van der Waals surface area contributed by atoms with Gasteiger partial charge in [-0.05, 0) is 14.1 Å². The third-order valence-electron chi connectivity index (χ3n) is 1.75. The van der Waals surface area contributed by atoms with Crippen LogP contribution in [0.3, 0.4) is 0 Å². The number of esters is 1. The van der Waals surface area contributed by atoms with E-state index in [4.69, 9.17) is 10.5 Å². The van der Waals surface area contributed by atoms with Gasteiger partial charge in [-0.25, -0.2) is 0 Å². The molecule has 0 atom stereocenters. The number of carbonyl (C=O) groups excluding carboxylic acids is 1. The number of hydrogen-bond acceptors (Lipinski definition) is 5. The van der Waals surface area contributed by atoms with Crippen LogP contribution in [-0.4, -0.2) is 47.9 Å². The first kappa shape index (κ1) is 11.5. The lowest BCUT2D eigenvalue weighted by molar-refractivity contribution is -0.144. The number of rotatable bonds is 5. The van der Waals surface area contributed by atoms with Gasteiger partial charge in [0.1, 0.15) is 13.2 Å². The molecule has 0 saturated heterocycles. The van der Waals surface area contributed by atoms with Gasteiger partial charge in [0.25, 0.3) is 0 Å². The van der Waals surface area contributed by atoms with Crippen LogP contribution in [0.2, 0.25) is 0 Å². The monoisotopic (exact) mass is 212 g/mol. The van der Waals surface area contributed by atoms with Crippen molar-refractivity contribution in [2.24, 2.45) is 0 Å². The number of ether oxygens (including phenoxy) is 1. The van der Waals surface area contributed by atoms with Gasteiger partial charge in [-0.1, -0.05) is 0 Å². The van der Waals surface area contributed by atoms with Crippen molar-refractivity contribution in [2.45, 2.75) is 6.54 Å². The van der Waals surface area contributed by atoms with E-state index in [0.29, 0.717) is 18.8 Å². The summed E-state index contributed by atoms with van der Waals surface area (Å²) in [6, 6.07) is 0. The maximum atomic E-state index is 11.3. The van der Waals surface area contributed by atoms with Crippen LogP contribution in [-0.2, 0) is 16.1 Å². The predicted octanol–water partition coefficient (Wildman–Crippen LogP) is -0.430.